The van der Waals surface area contributed by atoms with Crippen LogP contribution in [-0.4, -0.2) is 27.3 Å². The van der Waals surface area contributed by atoms with E-state index in [9.17, 15) is 0 Å². The summed E-state index contributed by atoms with van der Waals surface area (Å²) >= 11 is 0. The molecule has 0 amide bonds. The summed E-state index contributed by atoms with van der Waals surface area (Å²) < 4.78 is 7.08. The van der Waals surface area contributed by atoms with E-state index >= 15 is 0 Å². The number of rotatable bonds is 4. The lowest BCUT2D eigenvalue weighted by Crippen LogP contribution is -2.15. The molecule has 21 heavy (non-hydrogen) atoms. The Morgan fingerprint density at radius 1 is 1.38 bits per heavy atom. The van der Waals surface area contributed by atoms with E-state index < -0.39 is 0 Å². The minimum Gasteiger partial charge on any atom is -0.495 e. The number of aromatic nitrogens is 4. The Labute approximate surface area is 124 Å². The molecular weight excluding hydrogens is 266 g/mol. The molecular formula is C15H21N5O. The second kappa shape index (κ2) is 5.71. The van der Waals surface area contributed by atoms with E-state index in [4.69, 9.17) is 10.5 Å². The van der Waals surface area contributed by atoms with Gasteiger partial charge in [-0.05, 0) is 46.9 Å². The highest BCUT2D eigenvalue weighted by atomic mass is 16.5. The standard InChI is InChI=1S/C15H21N5O/c1-10-4-3-5-12(10)9-20-15(17-18-19-20)11-6-7-14(21-2)13(16)8-11/h6-8,10,12H,3-5,9,16H2,1-2H3. The van der Waals surface area contributed by atoms with Crippen LogP contribution in [0.25, 0.3) is 11.4 Å². The number of nitrogens with zero attached hydrogens (tertiary/aromatic N) is 4. The molecule has 2 atom stereocenters. The molecule has 0 saturated heterocycles. The average molecular weight is 287 g/mol. The zero-order valence-electron chi connectivity index (χ0n) is 12.5. The fourth-order valence-electron chi connectivity index (χ4n) is 3.12. The van der Waals surface area contributed by atoms with Gasteiger partial charge in [0.05, 0.1) is 12.8 Å². The van der Waals surface area contributed by atoms with Crippen molar-refractivity contribution in [2.75, 3.05) is 12.8 Å². The number of hydrogen-bond acceptors (Lipinski definition) is 5. The first kappa shape index (κ1) is 13.9. The number of tetrazole rings is 1. The molecule has 1 fully saturated rings. The third-order valence-corrected chi connectivity index (χ3v) is 4.47. The number of nitrogens with two attached hydrogens (primary N) is 1. The number of nitrogen functional groups attached to an aromatic ring is 1. The van der Waals surface area contributed by atoms with Gasteiger partial charge in [-0.3, -0.25) is 0 Å². The van der Waals surface area contributed by atoms with Crippen LogP contribution in [0.4, 0.5) is 5.69 Å². The van der Waals surface area contributed by atoms with Crippen molar-refractivity contribution >= 4 is 5.69 Å². The van der Waals surface area contributed by atoms with Crippen molar-refractivity contribution in [3.8, 4) is 17.1 Å². The van der Waals surface area contributed by atoms with Crippen molar-refractivity contribution in [3.63, 3.8) is 0 Å². The topological polar surface area (TPSA) is 78.9 Å². The molecule has 0 radical (unpaired) electrons. The smallest absolute Gasteiger partial charge is 0.182 e. The second-order valence-corrected chi connectivity index (χ2v) is 5.81. The highest BCUT2D eigenvalue weighted by Gasteiger charge is 2.25. The van der Waals surface area contributed by atoms with Crippen molar-refractivity contribution < 1.29 is 4.74 Å². The molecule has 1 saturated carbocycles. The van der Waals surface area contributed by atoms with Crippen molar-refractivity contribution in [2.24, 2.45) is 11.8 Å². The van der Waals surface area contributed by atoms with Crippen LogP contribution < -0.4 is 10.5 Å². The van der Waals surface area contributed by atoms with Gasteiger partial charge in [-0.15, -0.1) is 5.10 Å². The SMILES string of the molecule is COc1ccc(-c2nnnn2CC2CCCC2C)cc1N. The van der Waals surface area contributed by atoms with Crippen LogP contribution in [0, 0.1) is 11.8 Å². The minimum atomic E-state index is 0.596. The molecule has 1 aliphatic carbocycles. The first-order valence-corrected chi connectivity index (χ1v) is 7.39. The number of benzene rings is 1. The van der Waals surface area contributed by atoms with Crippen LogP contribution in [0.15, 0.2) is 18.2 Å². The average Bonchev–Trinajstić information content (AvgIpc) is 3.09. The van der Waals surface area contributed by atoms with E-state index in [1.807, 2.05) is 22.9 Å². The van der Waals surface area contributed by atoms with Gasteiger partial charge in [0.25, 0.3) is 0 Å². The van der Waals surface area contributed by atoms with Gasteiger partial charge in [-0.1, -0.05) is 19.8 Å². The largest absolute Gasteiger partial charge is 0.495 e. The third-order valence-electron chi connectivity index (χ3n) is 4.47. The lowest BCUT2D eigenvalue weighted by molar-refractivity contribution is 0.346. The lowest BCUT2D eigenvalue weighted by atomic mass is 9.98. The van der Waals surface area contributed by atoms with Crippen molar-refractivity contribution in [1.29, 1.82) is 0 Å². The summed E-state index contributed by atoms with van der Waals surface area (Å²) in [6, 6.07) is 5.65. The molecule has 0 spiro atoms. The maximum atomic E-state index is 5.97. The van der Waals surface area contributed by atoms with E-state index in [0.29, 0.717) is 17.4 Å². The monoisotopic (exact) mass is 287 g/mol. The fraction of sp³-hybridized carbons (Fsp3) is 0.533. The Morgan fingerprint density at radius 3 is 2.90 bits per heavy atom. The molecule has 1 aromatic carbocycles. The Kier molecular flexibility index (Phi) is 3.77. The summed E-state index contributed by atoms with van der Waals surface area (Å²) in [5.41, 5.74) is 7.49. The molecule has 0 aliphatic heterocycles. The van der Waals surface area contributed by atoms with Crippen molar-refractivity contribution in [1.82, 2.24) is 20.2 Å². The van der Waals surface area contributed by atoms with Gasteiger partial charge < -0.3 is 10.5 Å². The highest BCUT2D eigenvalue weighted by Crippen LogP contribution is 2.33. The van der Waals surface area contributed by atoms with E-state index in [1.54, 1.807) is 7.11 Å². The highest BCUT2D eigenvalue weighted by molar-refractivity contribution is 5.66. The van der Waals surface area contributed by atoms with Crippen molar-refractivity contribution in [2.45, 2.75) is 32.7 Å². The molecule has 1 heterocycles. The summed E-state index contributed by atoms with van der Waals surface area (Å²) in [5, 5.41) is 12.1. The van der Waals surface area contributed by atoms with Crippen LogP contribution in [-0.2, 0) is 6.54 Å². The fourth-order valence-corrected chi connectivity index (χ4v) is 3.12. The maximum absolute atomic E-state index is 5.97. The predicted molar refractivity (Wildman–Crippen MR) is 80.7 cm³/mol. The molecule has 2 N–H and O–H groups in total. The predicted octanol–water partition coefficient (Wildman–Crippen LogP) is 2.37. The van der Waals surface area contributed by atoms with Gasteiger partial charge in [0.15, 0.2) is 5.82 Å². The molecule has 3 rings (SSSR count). The summed E-state index contributed by atoms with van der Waals surface area (Å²) in [7, 11) is 1.61. The van der Waals surface area contributed by atoms with Crippen LogP contribution in [0.5, 0.6) is 5.75 Å². The van der Waals surface area contributed by atoms with Gasteiger partial charge in [-0.2, -0.15) is 0 Å². The van der Waals surface area contributed by atoms with Crippen molar-refractivity contribution in [3.05, 3.63) is 18.2 Å². The summed E-state index contributed by atoms with van der Waals surface area (Å²) in [5.74, 6) is 2.83. The van der Waals surface area contributed by atoms with Gasteiger partial charge >= 0.3 is 0 Å². The normalized spacial score (nSPS) is 21.6. The quantitative estimate of drug-likeness (QED) is 0.873. The van der Waals surface area contributed by atoms with Crippen LogP contribution in [0.3, 0.4) is 0 Å². The number of methoxy groups -OCH3 is 1. The molecule has 2 aromatic rings. The molecule has 6 heteroatoms. The Balaban J connectivity index is 1.86. The lowest BCUT2D eigenvalue weighted by Gasteiger charge is -2.15. The van der Waals surface area contributed by atoms with Gasteiger partial charge in [0, 0.05) is 12.1 Å². The minimum absolute atomic E-state index is 0.596. The Morgan fingerprint density at radius 2 is 2.24 bits per heavy atom. The van der Waals surface area contributed by atoms with E-state index in [2.05, 4.69) is 22.4 Å². The number of anilines is 1. The van der Waals surface area contributed by atoms with E-state index in [0.717, 1.165) is 23.9 Å². The summed E-state index contributed by atoms with van der Waals surface area (Å²) in [6.07, 6.45) is 3.86. The molecule has 0 bridgehead atoms. The van der Waals surface area contributed by atoms with Crippen LogP contribution in [0.1, 0.15) is 26.2 Å². The first-order valence-electron chi connectivity index (χ1n) is 7.39. The van der Waals surface area contributed by atoms with Gasteiger partial charge in [0.1, 0.15) is 5.75 Å². The van der Waals surface area contributed by atoms with Gasteiger partial charge in [0.2, 0.25) is 0 Å². The first-order chi connectivity index (χ1) is 10.2. The molecule has 1 aromatic heterocycles. The van der Waals surface area contributed by atoms with Crippen LogP contribution in [0.2, 0.25) is 0 Å². The Bertz CT molecular complexity index is 624. The molecule has 1 aliphatic rings. The third kappa shape index (κ3) is 2.70. The van der Waals surface area contributed by atoms with Gasteiger partial charge in [-0.25, -0.2) is 4.68 Å². The van der Waals surface area contributed by atoms with Crippen LogP contribution >= 0.6 is 0 Å². The zero-order valence-corrected chi connectivity index (χ0v) is 12.5. The van der Waals surface area contributed by atoms with E-state index in [-0.39, 0.29) is 0 Å². The summed E-state index contributed by atoms with van der Waals surface area (Å²) in [4.78, 5) is 0. The molecule has 2 unspecified atom stereocenters. The van der Waals surface area contributed by atoms with E-state index in [1.165, 1.54) is 19.3 Å². The number of hydrogen-bond donors (Lipinski definition) is 1. The zero-order chi connectivity index (χ0) is 14.8. The Hall–Kier alpha value is -2.11. The second-order valence-electron chi connectivity index (χ2n) is 5.81. The molecule has 112 valence electrons. The number of ether oxygens (including phenoxy) is 1. The maximum Gasteiger partial charge on any atom is 0.182 e. The molecule has 6 nitrogen and oxygen atoms in total. The summed E-state index contributed by atoms with van der Waals surface area (Å²) in [6.45, 7) is 3.18.